The first-order valence-corrected chi connectivity index (χ1v) is 13.2. The van der Waals surface area contributed by atoms with Crippen LogP contribution in [0.15, 0.2) is 60.8 Å². The van der Waals surface area contributed by atoms with Crippen LogP contribution in [0, 0.1) is 12.3 Å². The highest BCUT2D eigenvalue weighted by Crippen LogP contribution is 2.36. The standard InChI is InChI=1S/C29H35ClN4O3/c1-4-34-19-26(22(2)31-34)28(36)33-15-9-14-29(20-33,21-37-25-13-8-12-24(30)16-25)17-27(35)32(3)18-23-10-6-5-7-11-23/h5-8,10-13,16,19H,4,9,14-15,17-18,20-21H2,1-3H3/t29-/m1/s1. The zero-order valence-electron chi connectivity index (χ0n) is 21.8. The molecule has 0 bridgehead atoms. The summed E-state index contributed by atoms with van der Waals surface area (Å²) in [5.74, 6) is 0.637. The van der Waals surface area contributed by atoms with Crippen LogP contribution < -0.4 is 4.74 Å². The summed E-state index contributed by atoms with van der Waals surface area (Å²) in [5.41, 5.74) is 1.89. The van der Waals surface area contributed by atoms with Gasteiger partial charge >= 0.3 is 0 Å². The monoisotopic (exact) mass is 522 g/mol. The Kier molecular flexibility index (Phi) is 8.54. The second-order valence-electron chi connectivity index (χ2n) is 9.97. The molecule has 2 heterocycles. The molecule has 7 nitrogen and oxygen atoms in total. The molecule has 0 radical (unpaired) electrons. The second-order valence-corrected chi connectivity index (χ2v) is 10.4. The molecule has 1 atom stereocenters. The second kappa shape index (κ2) is 11.8. The number of benzene rings is 2. The molecule has 2 amide bonds. The number of hydrogen-bond acceptors (Lipinski definition) is 4. The van der Waals surface area contributed by atoms with Crippen molar-refractivity contribution in [1.29, 1.82) is 0 Å². The Bertz CT molecular complexity index is 1230. The molecule has 2 aromatic carbocycles. The summed E-state index contributed by atoms with van der Waals surface area (Å²) in [4.78, 5) is 30.6. The maximum atomic E-state index is 13.5. The minimum absolute atomic E-state index is 0.0304. The number of aryl methyl sites for hydroxylation is 2. The average molecular weight is 523 g/mol. The Morgan fingerprint density at radius 1 is 1.16 bits per heavy atom. The van der Waals surface area contributed by atoms with Gasteiger partial charge in [0, 0.05) is 56.3 Å². The molecule has 4 rings (SSSR count). The molecule has 0 saturated carbocycles. The molecule has 37 heavy (non-hydrogen) atoms. The lowest BCUT2D eigenvalue weighted by Gasteiger charge is -2.42. The first kappa shape index (κ1) is 26.7. The molecule has 0 aliphatic carbocycles. The summed E-state index contributed by atoms with van der Waals surface area (Å²) < 4.78 is 7.98. The molecule has 1 saturated heterocycles. The van der Waals surface area contributed by atoms with Gasteiger partial charge in [-0.05, 0) is 50.5 Å². The van der Waals surface area contributed by atoms with Crippen LogP contribution in [0.1, 0.15) is 47.8 Å². The summed E-state index contributed by atoms with van der Waals surface area (Å²) in [6.45, 7) is 6.49. The molecule has 8 heteroatoms. The van der Waals surface area contributed by atoms with Gasteiger partial charge in [-0.3, -0.25) is 14.3 Å². The molecule has 196 valence electrons. The molecule has 1 aliphatic rings. The number of halogens is 1. The van der Waals surface area contributed by atoms with E-state index in [0.29, 0.717) is 49.1 Å². The predicted octanol–water partition coefficient (Wildman–Crippen LogP) is 5.21. The third kappa shape index (κ3) is 6.72. The third-order valence-corrected chi connectivity index (χ3v) is 7.24. The Labute approximate surface area is 224 Å². The molecule has 1 aliphatic heterocycles. The maximum Gasteiger partial charge on any atom is 0.257 e. The number of carbonyl (C=O) groups is 2. The topological polar surface area (TPSA) is 67.7 Å². The summed E-state index contributed by atoms with van der Waals surface area (Å²) in [5, 5.41) is 5.04. The van der Waals surface area contributed by atoms with Gasteiger partial charge in [-0.25, -0.2) is 0 Å². The van der Waals surface area contributed by atoms with E-state index in [2.05, 4.69) is 5.10 Å². The first-order valence-electron chi connectivity index (χ1n) is 12.8. The van der Waals surface area contributed by atoms with Crippen molar-refractivity contribution in [2.45, 2.75) is 46.2 Å². The minimum atomic E-state index is -0.521. The molecular formula is C29H35ClN4O3. The zero-order chi connectivity index (χ0) is 26.4. The Balaban J connectivity index is 1.54. The van der Waals surface area contributed by atoms with Gasteiger partial charge in [0.25, 0.3) is 5.91 Å². The van der Waals surface area contributed by atoms with Gasteiger partial charge < -0.3 is 14.5 Å². The number of hydrogen-bond donors (Lipinski definition) is 0. The Morgan fingerprint density at radius 3 is 2.65 bits per heavy atom. The van der Waals surface area contributed by atoms with Crippen LogP contribution in [0.3, 0.4) is 0 Å². The fourth-order valence-corrected chi connectivity index (χ4v) is 5.13. The SMILES string of the molecule is CCn1cc(C(=O)N2CCC[C@@](COc3cccc(Cl)c3)(CC(=O)N(C)Cc3ccccc3)C2)c(C)n1. The molecule has 1 fully saturated rings. The van der Waals surface area contributed by atoms with Crippen LogP contribution in [0.2, 0.25) is 5.02 Å². The van der Waals surface area contributed by atoms with Crippen LogP contribution in [-0.4, -0.2) is 58.1 Å². The number of ether oxygens (including phenoxy) is 1. The summed E-state index contributed by atoms with van der Waals surface area (Å²) in [6, 6.07) is 17.2. The van der Waals surface area contributed by atoms with E-state index in [0.717, 1.165) is 24.1 Å². The molecular weight excluding hydrogens is 488 g/mol. The molecule has 0 N–H and O–H groups in total. The Morgan fingerprint density at radius 2 is 1.95 bits per heavy atom. The smallest absolute Gasteiger partial charge is 0.257 e. The fraction of sp³-hybridized carbons (Fsp3) is 0.414. The summed E-state index contributed by atoms with van der Waals surface area (Å²) in [6.07, 6.45) is 3.68. The van der Waals surface area contributed by atoms with Crippen LogP contribution in [0.4, 0.5) is 0 Å². The number of aromatic nitrogens is 2. The highest BCUT2D eigenvalue weighted by atomic mass is 35.5. The van der Waals surface area contributed by atoms with Gasteiger partial charge in [0.2, 0.25) is 5.91 Å². The van der Waals surface area contributed by atoms with Crippen molar-refractivity contribution in [3.63, 3.8) is 0 Å². The van der Waals surface area contributed by atoms with Gasteiger partial charge in [0.15, 0.2) is 0 Å². The zero-order valence-corrected chi connectivity index (χ0v) is 22.6. The van der Waals surface area contributed by atoms with Crippen molar-refractivity contribution >= 4 is 23.4 Å². The van der Waals surface area contributed by atoms with Crippen molar-refractivity contribution in [1.82, 2.24) is 19.6 Å². The van der Waals surface area contributed by atoms with Crippen LogP contribution in [0.5, 0.6) is 5.75 Å². The number of nitrogens with zero attached hydrogens (tertiary/aromatic N) is 4. The van der Waals surface area contributed by atoms with Crippen molar-refractivity contribution < 1.29 is 14.3 Å². The minimum Gasteiger partial charge on any atom is -0.493 e. The van der Waals surface area contributed by atoms with Crippen molar-refractivity contribution in [3.8, 4) is 5.75 Å². The maximum absolute atomic E-state index is 13.5. The van der Waals surface area contributed by atoms with E-state index < -0.39 is 5.41 Å². The number of amides is 2. The summed E-state index contributed by atoms with van der Waals surface area (Å²) >= 11 is 6.16. The van der Waals surface area contributed by atoms with Crippen LogP contribution in [-0.2, 0) is 17.9 Å². The van der Waals surface area contributed by atoms with Gasteiger partial charge in [-0.15, -0.1) is 0 Å². The van der Waals surface area contributed by atoms with E-state index in [1.807, 2.05) is 74.5 Å². The van der Waals surface area contributed by atoms with E-state index in [1.165, 1.54) is 0 Å². The van der Waals surface area contributed by atoms with Crippen molar-refractivity contribution in [2.75, 3.05) is 26.7 Å². The van der Waals surface area contributed by atoms with Crippen molar-refractivity contribution in [2.24, 2.45) is 5.41 Å². The number of rotatable bonds is 9. The van der Waals surface area contributed by atoms with Gasteiger partial charge in [-0.2, -0.15) is 5.10 Å². The van der Waals surface area contributed by atoms with E-state index in [4.69, 9.17) is 16.3 Å². The highest BCUT2D eigenvalue weighted by Gasteiger charge is 2.41. The largest absolute Gasteiger partial charge is 0.493 e. The van der Waals surface area contributed by atoms with E-state index in [1.54, 1.807) is 21.7 Å². The average Bonchev–Trinajstić information content (AvgIpc) is 3.28. The molecule has 0 spiro atoms. The van der Waals surface area contributed by atoms with E-state index in [-0.39, 0.29) is 18.2 Å². The molecule has 3 aromatic rings. The predicted molar refractivity (Wildman–Crippen MR) is 145 cm³/mol. The van der Waals surface area contributed by atoms with E-state index in [9.17, 15) is 9.59 Å². The van der Waals surface area contributed by atoms with E-state index >= 15 is 0 Å². The molecule has 1 aromatic heterocycles. The number of carbonyl (C=O) groups excluding carboxylic acids is 2. The fourth-order valence-electron chi connectivity index (χ4n) is 4.95. The quantitative estimate of drug-likeness (QED) is 0.386. The lowest BCUT2D eigenvalue weighted by Crippen LogP contribution is -2.50. The van der Waals surface area contributed by atoms with Gasteiger partial charge in [0.1, 0.15) is 5.75 Å². The lowest BCUT2D eigenvalue weighted by atomic mass is 9.77. The normalized spacial score (nSPS) is 17.5. The highest BCUT2D eigenvalue weighted by molar-refractivity contribution is 6.30. The summed E-state index contributed by atoms with van der Waals surface area (Å²) in [7, 11) is 1.83. The van der Waals surface area contributed by atoms with Gasteiger partial charge in [0.05, 0.1) is 17.9 Å². The Hall–Kier alpha value is -3.32. The first-order chi connectivity index (χ1) is 17.8. The van der Waals surface area contributed by atoms with Crippen LogP contribution in [0.25, 0.3) is 0 Å². The lowest BCUT2D eigenvalue weighted by molar-refractivity contribution is -0.134. The van der Waals surface area contributed by atoms with Gasteiger partial charge in [-0.1, -0.05) is 48.0 Å². The third-order valence-electron chi connectivity index (χ3n) is 7.01. The number of likely N-dealkylation sites (tertiary alicyclic amines) is 1. The van der Waals surface area contributed by atoms with Crippen LogP contribution >= 0.6 is 11.6 Å². The van der Waals surface area contributed by atoms with Crippen molar-refractivity contribution in [3.05, 3.63) is 82.6 Å². The number of piperidine rings is 1. The molecule has 0 unspecified atom stereocenters.